The maximum atomic E-state index is 6.06. The topological polar surface area (TPSA) is 9.23 Å². The summed E-state index contributed by atoms with van der Waals surface area (Å²) in [4.78, 5) is 0. The van der Waals surface area contributed by atoms with Gasteiger partial charge in [0.05, 0.1) is 4.47 Å². The van der Waals surface area contributed by atoms with Crippen molar-refractivity contribution in [2.45, 2.75) is 45.8 Å². The number of rotatable bonds is 2. The summed E-state index contributed by atoms with van der Waals surface area (Å²) in [5.41, 5.74) is 1.47. The van der Waals surface area contributed by atoms with Crippen molar-refractivity contribution in [3.8, 4) is 5.75 Å². The molecule has 16 heavy (non-hydrogen) atoms. The van der Waals surface area contributed by atoms with Gasteiger partial charge < -0.3 is 4.43 Å². The van der Waals surface area contributed by atoms with Gasteiger partial charge in [-0.2, -0.15) is 0 Å². The molecule has 0 bridgehead atoms. The first kappa shape index (κ1) is 13.8. The minimum Gasteiger partial charge on any atom is -0.544 e. The van der Waals surface area contributed by atoms with E-state index in [1.807, 2.05) is 0 Å². The van der Waals surface area contributed by atoms with Gasteiger partial charge in [-0.15, -0.1) is 0 Å². The number of benzene rings is 1. The molecule has 0 unspecified atom stereocenters. The molecule has 0 spiro atoms. The van der Waals surface area contributed by atoms with Crippen LogP contribution in [0.15, 0.2) is 22.7 Å². The summed E-state index contributed by atoms with van der Waals surface area (Å²) in [5, 5.41) is 0. The van der Waals surface area contributed by atoms with Crippen LogP contribution >= 0.6 is 15.9 Å². The quantitative estimate of drug-likeness (QED) is 0.701. The Morgan fingerprint density at radius 2 is 1.69 bits per heavy atom. The minimum atomic E-state index is -1.54. The zero-order valence-electron chi connectivity index (χ0n) is 11.0. The van der Waals surface area contributed by atoms with Crippen LogP contribution in [0.3, 0.4) is 0 Å². The van der Waals surface area contributed by atoms with E-state index in [1.54, 1.807) is 0 Å². The average molecular weight is 301 g/mol. The van der Waals surface area contributed by atoms with Gasteiger partial charge in [0.2, 0.25) is 8.32 Å². The smallest absolute Gasteiger partial charge is 0.242 e. The Labute approximate surface area is 108 Å². The van der Waals surface area contributed by atoms with Gasteiger partial charge in [-0.25, -0.2) is 0 Å². The third kappa shape index (κ3) is 3.94. The zero-order valence-corrected chi connectivity index (χ0v) is 13.6. The lowest BCUT2D eigenvalue weighted by atomic mass is 9.87. The highest BCUT2D eigenvalue weighted by atomic mass is 79.9. The van der Waals surface area contributed by atoms with Crippen LogP contribution in [-0.2, 0) is 5.41 Å². The monoisotopic (exact) mass is 300 g/mol. The molecule has 90 valence electrons. The Bertz CT molecular complexity index is 374. The molecular formula is C13H21BrOSi. The molecule has 0 fully saturated rings. The second-order valence-corrected chi connectivity index (χ2v) is 11.4. The second kappa shape index (κ2) is 4.53. The van der Waals surface area contributed by atoms with Crippen molar-refractivity contribution >= 4 is 24.2 Å². The average Bonchev–Trinajstić information content (AvgIpc) is 2.04. The molecule has 0 saturated carbocycles. The van der Waals surface area contributed by atoms with Crippen LogP contribution in [0.1, 0.15) is 26.3 Å². The number of hydrogen-bond donors (Lipinski definition) is 0. The van der Waals surface area contributed by atoms with Crippen LogP contribution in [0, 0.1) is 0 Å². The normalized spacial score (nSPS) is 12.7. The summed E-state index contributed by atoms with van der Waals surface area (Å²) in [7, 11) is -1.54. The van der Waals surface area contributed by atoms with Crippen molar-refractivity contribution in [2.75, 3.05) is 0 Å². The maximum Gasteiger partial charge on any atom is 0.242 e. The predicted octanol–water partition coefficient (Wildman–Crippen LogP) is 4.96. The van der Waals surface area contributed by atoms with E-state index in [-0.39, 0.29) is 5.41 Å². The van der Waals surface area contributed by atoms with Crippen molar-refractivity contribution in [3.63, 3.8) is 0 Å². The van der Waals surface area contributed by atoms with Gasteiger partial charge >= 0.3 is 0 Å². The first-order chi connectivity index (χ1) is 7.09. The lowest BCUT2D eigenvalue weighted by Gasteiger charge is -2.24. The van der Waals surface area contributed by atoms with Crippen molar-refractivity contribution < 1.29 is 4.43 Å². The largest absolute Gasteiger partial charge is 0.544 e. The molecule has 0 radical (unpaired) electrons. The SMILES string of the molecule is CC(C)(C)c1ccc(Br)c(O[Si](C)(C)C)c1. The highest BCUT2D eigenvalue weighted by molar-refractivity contribution is 9.10. The van der Waals surface area contributed by atoms with E-state index in [4.69, 9.17) is 4.43 Å². The molecule has 0 aliphatic heterocycles. The molecule has 0 N–H and O–H groups in total. The first-order valence-corrected chi connectivity index (χ1v) is 9.79. The van der Waals surface area contributed by atoms with Gasteiger partial charge in [-0.3, -0.25) is 0 Å². The van der Waals surface area contributed by atoms with Crippen LogP contribution in [0.5, 0.6) is 5.75 Å². The van der Waals surface area contributed by atoms with Gasteiger partial charge in [0.25, 0.3) is 0 Å². The molecular weight excluding hydrogens is 280 g/mol. The van der Waals surface area contributed by atoms with E-state index in [2.05, 4.69) is 74.5 Å². The molecule has 0 saturated heterocycles. The zero-order chi connectivity index (χ0) is 12.6. The van der Waals surface area contributed by atoms with Gasteiger partial charge in [0, 0.05) is 0 Å². The Morgan fingerprint density at radius 1 is 1.12 bits per heavy atom. The summed E-state index contributed by atoms with van der Waals surface area (Å²) < 4.78 is 7.10. The van der Waals surface area contributed by atoms with Crippen LogP contribution in [0.4, 0.5) is 0 Å². The molecule has 3 heteroatoms. The molecule has 1 rings (SSSR count). The lowest BCUT2D eigenvalue weighted by Crippen LogP contribution is -2.29. The summed E-state index contributed by atoms with van der Waals surface area (Å²) in [6, 6.07) is 6.39. The molecule has 0 aliphatic carbocycles. The summed E-state index contributed by atoms with van der Waals surface area (Å²) in [5.74, 6) is 0.978. The van der Waals surface area contributed by atoms with Crippen molar-refractivity contribution in [1.82, 2.24) is 0 Å². The summed E-state index contributed by atoms with van der Waals surface area (Å²) in [6.07, 6.45) is 0. The van der Waals surface area contributed by atoms with E-state index in [9.17, 15) is 0 Å². The predicted molar refractivity (Wildman–Crippen MR) is 76.8 cm³/mol. The highest BCUT2D eigenvalue weighted by Crippen LogP contribution is 2.32. The van der Waals surface area contributed by atoms with E-state index in [0.717, 1.165) is 10.2 Å². The third-order valence-corrected chi connectivity index (χ3v) is 3.70. The summed E-state index contributed by atoms with van der Waals surface area (Å²) in [6.45, 7) is 13.2. The lowest BCUT2D eigenvalue weighted by molar-refractivity contribution is 0.542. The Balaban J connectivity index is 3.10. The molecule has 0 atom stereocenters. The van der Waals surface area contributed by atoms with Crippen LogP contribution in [-0.4, -0.2) is 8.32 Å². The Kier molecular flexibility index (Phi) is 3.90. The van der Waals surface area contributed by atoms with E-state index < -0.39 is 8.32 Å². The molecule has 0 amide bonds. The number of halogens is 1. The standard InChI is InChI=1S/C13H21BrOSi/c1-13(2,3)10-7-8-11(14)12(9-10)15-16(4,5)6/h7-9H,1-6H3. The van der Waals surface area contributed by atoms with Gasteiger partial charge in [-0.05, 0) is 58.7 Å². The van der Waals surface area contributed by atoms with Crippen molar-refractivity contribution in [3.05, 3.63) is 28.2 Å². The minimum absolute atomic E-state index is 0.165. The second-order valence-electron chi connectivity index (χ2n) is 6.11. The Hall–Kier alpha value is -0.283. The van der Waals surface area contributed by atoms with Crippen LogP contribution in [0.25, 0.3) is 0 Å². The fraction of sp³-hybridized carbons (Fsp3) is 0.538. The fourth-order valence-corrected chi connectivity index (χ4v) is 2.68. The Morgan fingerprint density at radius 3 is 2.12 bits per heavy atom. The van der Waals surface area contributed by atoms with Crippen molar-refractivity contribution in [1.29, 1.82) is 0 Å². The van der Waals surface area contributed by atoms with Crippen LogP contribution in [0.2, 0.25) is 19.6 Å². The van der Waals surface area contributed by atoms with Gasteiger partial charge in [-0.1, -0.05) is 26.8 Å². The third-order valence-electron chi connectivity index (χ3n) is 2.21. The van der Waals surface area contributed by atoms with Gasteiger partial charge in [0.15, 0.2) is 0 Å². The van der Waals surface area contributed by atoms with E-state index in [0.29, 0.717) is 0 Å². The fourth-order valence-electron chi connectivity index (χ4n) is 1.38. The van der Waals surface area contributed by atoms with E-state index >= 15 is 0 Å². The van der Waals surface area contributed by atoms with Gasteiger partial charge in [0.1, 0.15) is 5.75 Å². The van der Waals surface area contributed by atoms with E-state index in [1.165, 1.54) is 5.56 Å². The highest BCUT2D eigenvalue weighted by Gasteiger charge is 2.20. The molecule has 0 aromatic heterocycles. The molecule has 1 aromatic carbocycles. The molecule has 1 nitrogen and oxygen atoms in total. The molecule has 1 aromatic rings. The van der Waals surface area contributed by atoms with Crippen molar-refractivity contribution in [2.24, 2.45) is 0 Å². The number of hydrogen-bond acceptors (Lipinski definition) is 1. The molecule has 0 heterocycles. The van der Waals surface area contributed by atoms with Crippen LogP contribution < -0.4 is 4.43 Å². The first-order valence-electron chi connectivity index (χ1n) is 5.59. The molecule has 0 aliphatic rings. The summed E-state index contributed by atoms with van der Waals surface area (Å²) >= 11 is 3.55. The maximum absolute atomic E-state index is 6.06.